The maximum atomic E-state index is 12.6. The topological polar surface area (TPSA) is 72.2 Å². The first-order chi connectivity index (χ1) is 17.1. The first-order valence-electron chi connectivity index (χ1n) is 12.2. The molecule has 0 unspecified atom stereocenters. The Labute approximate surface area is 205 Å². The predicted molar refractivity (Wildman–Crippen MR) is 136 cm³/mol. The second kappa shape index (κ2) is 10.4. The number of aryl methyl sites for hydroxylation is 1. The van der Waals surface area contributed by atoms with Crippen molar-refractivity contribution in [1.82, 2.24) is 20.2 Å². The van der Waals surface area contributed by atoms with Gasteiger partial charge in [0.25, 0.3) is 5.91 Å². The molecule has 1 amide bonds. The summed E-state index contributed by atoms with van der Waals surface area (Å²) in [5.41, 5.74) is 5.77. The number of fused-ring (bicyclic) bond motifs is 1. The number of hydrogen-bond donors (Lipinski definition) is 1. The van der Waals surface area contributed by atoms with Gasteiger partial charge < -0.3 is 10.2 Å². The molecule has 1 radical (unpaired) electrons. The molecule has 3 aromatic rings. The highest BCUT2D eigenvalue weighted by atomic mass is 19.1. The van der Waals surface area contributed by atoms with Crippen molar-refractivity contribution in [1.29, 1.82) is 0 Å². The van der Waals surface area contributed by atoms with E-state index in [1.54, 1.807) is 0 Å². The molecule has 6 nitrogen and oxygen atoms in total. The Bertz CT molecular complexity index is 1230. The summed E-state index contributed by atoms with van der Waals surface area (Å²) < 4.78 is 12.5. The van der Waals surface area contributed by atoms with Crippen LogP contribution < -0.4 is 10.6 Å². The monoisotopic (exact) mass is 470 g/mol. The maximum absolute atomic E-state index is 12.6. The Morgan fingerprint density at radius 1 is 1.06 bits per heavy atom. The van der Waals surface area contributed by atoms with Crippen molar-refractivity contribution in [3.05, 3.63) is 77.1 Å². The van der Waals surface area contributed by atoms with E-state index < -0.39 is 0 Å². The molecule has 2 aliphatic rings. The molecular weight excluding hydrogens is 441 g/mol. The van der Waals surface area contributed by atoms with Gasteiger partial charge in [-0.25, -0.2) is 10.3 Å². The number of amides is 1. The Morgan fingerprint density at radius 2 is 1.86 bits per heavy atom. The first kappa shape index (κ1) is 23.2. The minimum atomic E-state index is -0.308. The number of hydrogen-bond acceptors (Lipinski definition) is 5. The first-order valence-corrected chi connectivity index (χ1v) is 12.2. The van der Waals surface area contributed by atoms with E-state index in [1.807, 2.05) is 49.4 Å². The number of nitrogens with one attached hydrogen (secondary N) is 1. The Hall–Kier alpha value is -3.58. The van der Waals surface area contributed by atoms with Crippen LogP contribution in [-0.4, -0.2) is 47.1 Å². The van der Waals surface area contributed by atoms with Crippen molar-refractivity contribution in [2.45, 2.75) is 32.1 Å². The molecule has 2 aromatic heterocycles. The van der Waals surface area contributed by atoms with Gasteiger partial charge in [-0.2, -0.15) is 0 Å². The van der Waals surface area contributed by atoms with E-state index in [-0.39, 0.29) is 12.6 Å². The van der Waals surface area contributed by atoms with Crippen LogP contribution in [0, 0.1) is 6.92 Å². The maximum Gasteiger partial charge on any atom is 0.281 e. The van der Waals surface area contributed by atoms with Crippen LogP contribution >= 0.6 is 0 Å². The summed E-state index contributed by atoms with van der Waals surface area (Å²) in [7, 11) is 0. The molecule has 2 aliphatic heterocycles. The molecule has 0 atom stereocenters. The zero-order chi connectivity index (χ0) is 24.2. The molecule has 1 saturated heterocycles. The van der Waals surface area contributed by atoms with E-state index in [0.29, 0.717) is 29.4 Å². The number of halogens is 1. The number of carbonyl (C=O) groups is 1. The van der Waals surface area contributed by atoms with Crippen molar-refractivity contribution in [3.8, 4) is 11.4 Å². The van der Waals surface area contributed by atoms with Crippen LogP contribution in [0.3, 0.4) is 0 Å². The fourth-order valence-electron chi connectivity index (χ4n) is 4.83. The molecule has 179 valence electrons. The van der Waals surface area contributed by atoms with Gasteiger partial charge in [0.1, 0.15) is 5.82 Å². The molecule has 4 heterocycles. The lowest BCUT2D eigenvalue weighted by molar-refractivity contribution is 0.0965. The molecule has 0 saturated carbocycles. The third kappa shape index (κ3) is 5.25. The molecular formula is C28H29FN5O. The van der Waals surface area contributed by atoms with Gasteiger partial charge in [0.15, 0.2) is 0 Å². The van der Waals surface area contributed by atoms with Crippen LogP contribution in [0.1, 0.15) is 52.4 Å². The van der Waals surface area contributed by atoms with E-state index in [9.17, 15) is 9.18 Å². The van der Waals surface area contributed by atoms with Gasteiger partial charge >= 0.3 is 0 Å². The van der Waals surface area contributed by atoms with Gasteiger partial charge in [0.2, 0.25) is 0 Å². The van der Waals surface area contributed by atoms with Crippen LogP contribution in [0.4, 0.5) is 15.9 Å². The van der Waals surface area contributed by atoms with Crippen LogP contribution in [0.5, 0.6) is 0 Å². The third-order valence-electron chi connectivity index (χ3n) is 6.70. The lowest BCUT2D eigenvalue weighted by Gasteiger charge is -2.32. The molecule has 7 heteroatoms. The van der Waals surface area contributed by atoms with Crippen molar-refractivity contribution in [3.63, 3.8) is 0 Å². The fourth-order valence-corrected chi connectivity index (χ4v) is 4.83. The summed E-state index contributed by atoms with van der Waals surface area (Å²) in [6, 6.07) is 16.1. The van der Waals surface area contributed by atoms with Crippen molar-refractivity contribution in [2.24, 2.45) is 0 Å². The zero-order valence-corrected chi connectivity index (χ0v) is 19.9. The number of likely N-dealkylation sites (tertiary alicyclic amines) is 1. The highest BCUT2D eigenvalue weighted by molar-refractivity contribution is 6.05. The van der Waals surface area contributed by atoms with E-state index in [1.165, 1.54) is 11.8 Å². The minimum absolute atomic E-state index is 0.243. The zero-order valence-electron chi connectivity index (χ0n) is 19.9. The second-order valence-corrected chi connectivity index (χ2v) is 9.14. The van der Waals surface area contributed by atoms with Crippen molar-refractivity contribution < 1.29 is 9.18 Å². The summed E-state index contributed by atoms with van der Waals surface area (Å²) in [6.07, 6.45) is 6.14. The average Bonchev–Trinajstić information content (AvgIpc) is 2.88. The molecule has 1 N–H and O–H groups in total. The average molecular weight is 471 g/mol. The lowest BCUT2D eigenvalue weighted by Crippen LogP contribution is -2.33. The number of aromatic nitrogens is 2. The summed E-state index contributed by atoms with van der Waals surface area (Å²) >= 11 is 0. The van der Waals surface area contributed by atoms with Crippen LogP contribution in [0.15, 0.2) is 54.7 Å². The minimum Gasteiger partial charge on any atom is -0.340 e. The van der Waals surface area contributed by atoms with Crippen molar-refractivity contribution in [2.75, 3.05) is 31.6 Å². The quantitative estimate of drug-likeness (QED) is 0.496. The number of pyridine rings is 2. The Balaban J connectivity index is 1.36. The number of rotatable bonds is 7. The Morgan fingerprint density at radius 3 is 2.60 bits per heavy atom. The predicted octanol–water partition coefficient (Wildman–Crippen LogP) is 5.46. The number of piperidine rings is 1. The van der Waals surface area contributed by atoms with E-state index >= 15 is 0 Å². The van der Waals surface area contributed by atoms with E-state index in [0.717, 1.165) is 55.1 Å². The van der Waals surface area contributed by atoms with Gasteiger partial charge in [0.05, 0.1) is 23.6 Å². The van der Waals surface area contributed by atoms with Crippen LogP contribution in [0.2, 0.25) is 0 Å². The van der Waals surface area contributed by atoms with E-state index in [2.05, 4.69) is 32.7 Å². The molecule has 5 rings (SSSR count). The summed E-state index contributed by atoms with van der Waals surface area (Å²) in [4.78, 5) is 24.3. The molecule has 0 bridgehead atoms. The lowest BCUT2D eigenvalue weighted by atomic mass is 9.89. The summed E-state index contributed by atoms with van der Waals surface area (Å²) in [5, 5.41) is 7.30. The van der Waals surface area contributed by atoms with Gasteiger partial charge in [-0.05, 0) is 92.7 Å². The van der Waals surface area contributed by atoms with Crippen LogP contribution in [0.25, 0.3) is 17.5 Å². The molecule has 0 aliphatic carbocycles. The normalized spacial score (nSPS) is 16.1. The highest BCUT2D eigenvalue weighted by Gasteiger charge is 2.23. The van der Waals surface area contributed by atoms with E-state index in [4.69, 9.17) is 4.98 Å². The van der Waals surface area contributed by atoms with Crippen molar-refractivity contribution >= 4 is 23.5 Å². The smallest absolute Gasteiger partial charge is 0.281 e. The SMILES string of the molecule is Cc1cccc(-c2cc3c(c(Nc4ccc(C5CCN(CCCF)CC5)cc4)n2)C(=O)[N]C=C3)n1. The number of benzene rings is 1. The largest absolute Gasteiger partial charge is 0.340 e. The second-order valence-electron chi connectivity index (χ2n) is 9.14. The van der Waals surface area contributed by atoms with Gasteiger partial charge in [-0.3, -0.25) is 14.2 Å². The molecule has 1 aromatic carbocycles. The highest BCUT2D eigenvalue weighted by Crippen LogP contribution is 2.32. The Kier molecular flexibility index (Phi) is 6.86. The molecule has 0 spiro atoms. The number of anilines is 2. The molecule has 1 fully saturated rings. The number of nitrogens with zero attached hydrogens (tertiary/aromatic N) is 4. The standard InChI is InChI=1S/C28H29FN5O/c1-19-4-2-5-24(31-19)25-18-22-10-14-30-28(35)26(22)27(33-25)32-23-8-6-20(7-9-23)21-11-16-34(17-12-21)15-3-13-29/h2,4-10,14,18,21H,3,11-13,15-17H2,1H3,(H,32,33). The van der Waals surface area contributed by atoms with Crippen LogP contribution in [-0.2, 0) is 0 Å². The number of carbonyl (C=O) groups excluding carboxylic acids is 1. The van der Waals surface area contributed by atoms with Gasteiger partial charge in [-0.15, -0.1) is 0 Å². The summed E-state index contributed by atoms with van der Waals surface area (Å²) in [6.45, 7) is 4.58. The third-order valence-corrected chi connectivity index (χ3v) is 6.70. The van der Waals surface area contributed by atoms with Gasteiger partial charge in [-0.1, -0.05) is 18.2 Å². The fraction of sp³-hybridized carbons (Fsp3) is 0.321. The summed E-state index contributed by atoms with van der Waals surface area (Å²) in [5.74, 6) is 0.683. The van der Waals surface area contributed by atoms with Gasteiger partial charge in [0, 0.05) is 24.1 Å². The number of alkyl halides is 1. The molecule has 35 heavy (non-hydrogen) atoms.